The first-order chi connectivity index (χ1) is 3.31. The van der Waals surface area contributed by atoms with E-state index in [1.165, 1.54) is 0 Å². The Balaban J connectivity index is 2.83. The van der Waals surface area contributed by atoms with Crippen molar-refractivity contribution in [1.82, 2.24) is 0 Å². The van der Waals surface area contributed by atoms with E-state index in [0.29, 0.717) is 0 Å². The van der Waals surface area contributed by atoms with Crippen LogP contribution in [0.5, 0.6) is 0 Å². The van der Waals surface area contributed by atoms with Crippen LogP contribution in [-0.2, 0) is 4.84 Å². The fourth-order valence-electron chi connectivity index (χ4n) is 0.250. The zero-order chi connectivity index (χ0) is 5.70. The molecule has 0 fully saturated rings. The van der Waals surface area contributed by atoms with Gasteiger partial charge in [0.25, 0.3) is 0 Å². The molecule has 0 spiro atoms. The molecule has 0 amide bonds. The Morgan fingerprint density at radius 1 is 1.86 bits per heavy atom. The van der Waals surface area contributed by atoms with Gasteiger partial charge in [-0.25, -0.2) is 5.90 Å². The summed E-state index contributed by atoms with van der Waals surface area (Å²) in [6.45, 7) is 1.91. The van der Waals surface area contributed by atoms with Gasteiger partial charge in [0.05, 0.1) is 6.10 Å². The number of rotatable bonds is 3. The van der Waals surface area contributed by atoms with Crippen molar-refractivity contribution in [2.24, 2.45) is 5.90 Å². The van der Waals surface area contributed by atoms with Crippen molar-refractivity contribution < 1.29 is 4.84 Å². The van der Waals surface area contributed by atoms with Crippen LogP contribution in [0.4, 0.5) is 0 Å². The summed E-state index contributed by atoms with van der Waals surface area (Å²) in [6.07, 6.45) is 1.07. The molecule has 0 heterocycles. The van der Waals surface area contributed by atoms with E-state index < -0.39 is 0 Å². The molecule has 0 radical (unpaired) electrons. The summed E-state index contributed by atoms with van der Waals surface area (Å²) < 4.78 is 0. The minimum atomic E-state index is 0.150. The lowest BCUT2D eigenvalue weighted by Gasteiger charge is -2.03. The largest absolute Gasteiger partial charge is 0.302 e. The highest BCUT2D eigenvalue weighted by molar-refractivity contribution is 7.80. The molecule has 0 aliphatic heterocycles. The summed E-state index contributed by atoms with van der Waals surface area (Å²) in [6, 6.07) is 0. The molecular weight excluding hydrogens is 110 g/mol. The molecule has 0 saturated carbocycles. The first-order valence-corrected chi connectivity index (χ1v) is 2.91. The molecule has 2 N–H and O–H groups in total. The normalized spacial score (nSPS) is 14.1. The summed E-state index contributed by atoms with van der Waals surface area (Å²) in [5.74, 6) is 5.66. The second-order valence-corrected chi connectivity index (χ2v) is 1.91. The van der Waals surface area contributed by atoms with Crippen molar-refractivity contribution in [3.8, 4) is 0 Å². The smallest absolute Gasteiger partial charge is 0.0767 e. The van der Waals surface area contributed by atoms with Gasteiger partial charge in [0, 0.05) is 0 Å². The Labute approximate surface area is 49.4 Å². The van der Waals surface area contributed by atoms with Gasteiger partial charge in [-0.15, -0.1) is 0 Å². The average Bonchev–Trinajstić information content (AvgIpc) is 1.68. The Kier molecular flexibility index (Phi) is 4.60. The highest BCUT2D eigenvalue weighted by Gasteiger charge is 1.94. The van der Waals surface area contributed by atoms with Gasteiger partial charge < -0.3 is 4.84 Å². The molecule has 1 atom stereocenters. The van der Waals surface area contributed by atoms with E-state index in [0.717, 1.165) is 12.2 Å². The molecule has 0 aromatic heterocycles. The Morgan fingerprint density at radius 2 is 2.43 bits per heavy atom. The van der Waals surface area contributed by atoms with Crippen molar-refractivity contribution in [1.29, 1.82) is 0 Å². The molecule has 0 aromatic carbocycles. The molecule has 3 heteroatoms. The van der Waals surface area contributed by atoms with Crippen LogP contribution in [0, 0.1) is 0 Å². The van der Waals surface area contributed by atoms with E-state index in [2.05, 4.69) is 17.5 Å². The van der Waals surface area contributed by atoms with Crippen LogP contribution in [0.2, 0.25) is 0 Å². The van der Waals surface area contributed by atoms with Crippen molar-refractivity contribution in [3.05, 3.63) is 0 Å². The number of hydrogen-bond donors (Lipinski definition) is 2. The van der Waals surface area contributed by atoms with E-state index >= 15 is 0 Å². The molecule has 0 unspecified atom stereocenters. The lowest BCUT2D eigenvalue weighted by atomic mass is 10.3. The van der Waals surface area contributed by atoms with Crippen LogP contribution in [0.25, 0.3) is 0 Å². The van der Waals surface area contributed by atoms with Crippen LogP contribution >= 0.6 is 12.6 Å². The van der Waals surface area contributed by atoms with Crippen molar-refractivity contribution in [2.75, 3.05) is 5.75 Å². The predicted octanol–water partition coefficient (Wildman–Crippen LogP) is 0.585. The quantitative estimate of drug-likeness (QED) is 0.423. The van der Waals surface area contributed by atoms with Crippen LogP contribution in [0.1, 0.15) is 13.3 Å². The van der Waals surface area contributed by atoms with Gasteiger partial charge in [-0.1, -0.05) is 0 Å². The third-order valence-corrected chi connectivity index (χ3v) is 1.03. The average molecular weight is 121 g/mol. The van der Waals surface area contributed by atoms with Crippen molar-refractivity contribution in [2.45, 2.75) is 19.4 Å². The van der Waals surface area contributed by atoms with Crippen LogP contribution in [0.15, 0.2) is 0 Å². The first kappa shape index (κ1) is 7.27. The lowest BCUT2D eigenvalue weighted by molar-refractivity contribution is 0.0651. The summed E-state index contributed by atoms with van der Waals surface area (Å²) in [7, 11) is 0. The molecule has 0 aliphatic carbocycles. The van der Waals surface area contributed by atoms with Crippen molar-refractivity contribution in [3.63, 3.8) is 0 Å². The maximum absolute atomic E-state index is 4.82. The van der Waals surface area contributed by atoms with Crippen LogP contribution in [-0.4, -0.2) is 11.9 Å². The highest BCUT2D eigenvalue weighted by atomic mass is 32.1. The number of thiol groups is 1. The van der Waals surface area contributed by atoms with Gasteiger partial charge in [-0.3, -0.25) is 0 Å². The molecule has 0 aromatic rings. The second kappa shape index (κ2) is 4.43. The lowest BCUT2D eigenvalue weighted by Crippen LogP contribution is -2.12. The van der Waals surface area contributed by atoms with E-state index in [1.807, 2.05) is 6.92 Å². The third kappa shape index (κ3) is 4.12. The van der Waals surface area contributed by atoms with Crippen LogP contribution in [0.3, 0.4) is 0 Å². The van der Waals surface area contributed by atoms with Gasteiger partial charge >= 0.3 is 0 Å². The predicted molar refractivity (Wildman–Crippen MR) is 33.2 cm³/mol. The summed E-state index contributed by atoms with van der Waals surface area (Å²) in [5, 5.41) is 0. The van der Waals surface area contributed by atoms with Crippen molar-refractivity contribution >= 4 is 12.6 Å². The fourth-order valence-corrected chi connectivity index (χ4v) is 0.613. The Bertz CT molecular complexity index is 42.7. The molecule has 0 saturated heterocycles. The topological polar surface area (TPSA) is 35.2 Å². The molecule has 7 heavy (non-hydrogen) atoms. The molecule has 0 bridgehead atoms. The summed E-state index contributed by atoms with van der Waals surface area (Å²) in [4.78, 5) is 4.44. The van der Waals surface area contributed by atoms with Gasteiger partial charge in [-0.2, -0.15) is 12.6 Å². The fraction of sp³-hybridized carbons (Fsp3) is 1.00. The van der Waals surface area contributed by atoms with Gasteiger partial charge in [0.2, 0.25) is 0 Å². The van der Waals surface area contributed by atoms with E-state index in [4.69, 9.17) is 5.90 Å². The van der Waals surface area contributed by atoms with Gasteiger partial charge in [0.15, 0.2) is 0 Å². The number of hydrogen-bond acceptors (Lipinski definition) is 3. The Hall–Kier alpha value is 0.270. The first-order valence-electron chi connectivity index (χ1n) is 2.27. The Morgan fingerprint density at radius 3 is 2.57 bits per heavy atom. The number of nitrogens with two attached hydrogens (primary N) is 1. The second-order valence-electron chi connectivity index (χ2n) is 1.46. The standard InChI is InChI=1S/C4H11NOS/c1-4(6-5)2-3-7/h4,7H,2-3,5H2,1H3/t4-/m0/s1. The van der Waals surface area contributed by atoms with Gasteiger partial charge in [-0.05, 0) is 19.1 Å². The summed E-state index contributed by atoms with van der Waals surface area (Å²) >= 11 is 3.98. The molecule has 0 aliphatic rings. The highest BCUT2D eigenvalue weighted by Crippen LogP contribution is 1.93. The molecule has 44 valence electrons. The summed E-state index contributed by atoms with van der Waals surface area (Å²) in [5.41, 5.74) is 0. The maximum atomic E-state index is 4.82. The minimum Gasteiger partial charge on any atom is -0.302 e. The maximum Gasteiger partial charge on any atom is 0.0767 e. The third-order valence-electron chi connectivity index (χ3n) is 0.768. The molecule has 2 nitrogen and oxygen atoms in total. The van der Waals surface area contributed by atoms with Gasteiger partial charge in [0.1, 0.15) is 0 Å². The zero-order valence-electron chi connectivity index (χ0n) is 4.42. The van der Waals surface area contributed by atoms with Crippen LogP contribution < -0.4 is 5.90 Å². The zero-order valence-corrected chi connectivity index (χ0v) is 5.32. The van der Waals surface area contributed by atoms with E-state index in [1.54, 1.807) is 0 Å². The molecular formula is C4H11NOS. The molecule has 0 rings (SSSR count). The van der Waals surface area contributed by atoms with E-state index in [9.17, 15) is 0 Å². The minimum absolute atomic E-state index is 0.150. The monoisotopic (exact) mass is 121 g/mol. The SMILES string of the molecule is C[C@@H](CCS)ON. The van der Waals surface area contributed by atoms with E-state index in [-0.39, 0.29) is 6.10 Å².